The zero-order chi connectivity index (χ0) is 11.3. The van der Waals surface area contributed by atoms with E-state index in [-0.39, 0.29) is 12.0 Å². The normalized spacial score (nSPS) is 25.0. The van der Waals surface area contributed by atoms with Crippen molar-refractivity contribution >= 4 is 0 Å². The van der Waals surface area contributed by atoms with Crippen LogP contribution in [0.25, 0.3) is 0 Å². The lowest BCUT2D eigenvalue weighted by molar-refractivity contribution is 0.0106. The van der Waals surface area contributed by atoms with Gasteiger partial charge in [-0.2, -0.15) is 0 Å². The van der Waals surface area contributed by atoms with E-state index in [0.717, 1.165) is 19.4 Å². The van der Waals surface area contributed by atoms with Gasteiger partial charge in [0, 0.05) is 13.1 Å². The van der Waals surface area contributed by atoms with Gasteiger partial charge >= 0.3 is 0 Å². The zero-order valence-corrected chi connectivity index (χ0v) is 9.99. The van der Waals surface area contributed by atoms with E-state index in [1.807, 2.05) is 26.8 Å². The highest BCUT2D eigenvalue weighted by Gasteiger charge is 2.24. The Labute approximate surface area is 92.5 Å². The van der Waals surface area contributed by atoms with Crippen molar-refractivity contribution in [3.63, 3.8) is 0 Å². The van der Waals surface area contributed by atoms with Crippen LogP contribution in [0, 0.1) is 5.92 Å². The van der Waals surface area contributed by atoms with Gasteiger partial charge in [-0.1, -0.05) is 13.8 Å². The van der Waals surface area contributed by atoms with Crippen molar-refractivity contribution in [3.8, 4) is 0 Å². The monoisotopic (exact) mass is 213 g/mol. The predicted molar refractivity (Wildman–Crippen MR) is 61.6 cm³/mol. The highest BCUT2D eigenvalue weighted by atomic mass is 16.5. The molecule has 1 aliphatic heterocycles. The summed E-state index contributed by atoms with van der Waals surface area (Å²) in [6.45, 7) is 7.36. The van der Waals surface area contributed by atoms with E-state index in [2.05, 4.69) is 5.32 Å². The van der Waals surface area contributed by atoms with E-state index in [9.17, 15) is 5.11 Å². The number of rotatable bonds is 5. The first kappa shape index (κ1) is 12.5. The lowest BCUT2D eigenvalue weighted by atomic mass is 9.92. The van der Waals surface area contributed by atoms with Crippen LogP contribution in [0.5, 0.6) is 0 Å². The van der Waals surface area contributed by atoms with Crippen LogP contribution in [-0.4, -0.2) is 29.9 Å². The Bertz CT molecular complexity index is 212. The van der Waals surface area contributed by atoms with E-state index >= 15 is 0 Å². The molecule has 0 fully saturated rings. The summed E-state index contributed by atoms with van der Waals surface area (Å²) in [4.78, 5) is 0. The summed E-state index contributed by atoms with van der Waals surface area (Å²) in [6.07, 6.45) is 6.23. The Kier molecular flexibility index (Phi) is 4.61. The second-order valence-electron chi connectivity index (χ2n) is 4.85. The first-order valence-corrected chi connectivity index (χ1v) is 5.76. The molecule has 0 radical (unpaired) electrons. The lowest BCUT2D eigenvalue weighted by Gasteiger charge is -2.29. The molecule has 15 heavy (non-hydrogen) atoms. The van der Waals surface area contributed by atoms with Crippen LogP contribution in [0.4, 0.5) is 0 Å². The molecule has 0 aliphatic carbocycles. The Morgan fingerprint density at radius 2 is 2.33 bits per heavy atom. The minimum atomic E-state index is -0.634. The van der Waals surface area contributed by atoms with Gasteiger partial charge in [-0.25, -0.2) is 0 Å². The third kappa shape index (κ3) is 4.22. The molecule has 2 N–H and O–H groups in total. The SMILES string of the molecule is CC(C)[C@@](C)(O)CNC[C@H]1CCC=CO1. The highest BCUT2D eigenvalue weighted by molar-refractivity contribution is 4.84. The Hall–Kier alpha value is -0.540. The summed E-state index contributed by atoms with van der Waals surface area (Å²) >= 11 is 0. The molecule has 3 nitrogen and oxygen atoms in total. The second kappa shape index (κ2) is 5.52. The fourth-order valence-corrected chi connectivity index (χ4v) is 1.43. The van der Waals surface area contributed by atoms with Crippen molar-refractivity contribution in [2.24, 2.45) is 5.92 Å². The van der Waals surface area contributed by atoms with Gasteiger partial charge in [0.25, 0.3) is 0 Å². The molecule has 0 unspecified atom stereocenters. The van der Waals surface area contributed by atoms with E-state index in [4.69, 9.17) is 4.74 Å². The van der Waals surface area contributed by atoms with E-state index in [0.29, 0.717) is 6.54 Å². The van der Waals surface area contributed by atoms with Crippen molar-refractivity contribution in [1.29, 1.82) is 0 Å². The van der Waals surface area contributed by atoms with Gasteiger partial charge in [0.2, 0.25) is 0 Å². The predicted octanol–water partition coefficient (Wildman–Crippen LogP) is 1.68. The van der Waals surface area contributed by atoms with E-state index in [1.54, 1.807) is 6.26 Å². The molecule has 3 heteroatoms. The number of aliphatic hydroxyl groups is 1. The van der Waals surface area contributed by atoms with Crippen molar-refractivity contribution in [3.05, 3.63) is 12.3 Å². The largest absolute Gasteiger partial charge is 0.497 e. The maximum Gasteiger partial charge on any atom is 0.110 e. The summed E-state index contributed by atoms with van der Waals surface area (Å²) in [5.41, 5.74) is -0.634. The molecular formula is C12H23NO2. The van der Waals surface area contributed by atoms with Gasteiger partial charge in [-0.05, 0) is 31.8 Å². The number of nitrogens with one attached hydrogen (secondary N) is 1. The average molecular weight is 213 g/mol. The summed E-state index contributed by atoms with van der Waals surface area (Å²) in [5, 5.41) is 13.3. The molecule has 88 valence electrons. The first-order valence-electron chi connectivity index (χ1n) is 5.76. The maximum atomic E-state index is 10.0. The third-order valence-electron chi connectivity index (χ3n) is 3.12. The van der Waals surface area contributed by atoms with Crippen molar-refractivity contribution in [1.82, 2.24) is 5.32 Å². The number of hydrogen-bond acceptors (Lipinski definition) is 3. The van der Waals surface area contributed by atoms with E-state index < -0.39 is 5.60 Å². The van der Waals surface area contributed by atoms with Crippen molar-refractivity contribution in [2.45, 2.75) is 45.3 Å². The van der Waals surface area contributed by atoms with Gasteiger partial charge in [0.15, 0.2) is 0 Å². The first-order chi connectivity index (χ1) is 7.02. The Morgan fingerprint density at radius 3 is 2.87 bits per heavy atom. The molecule has 0 bridgehead atoms. The molecule has 1 heterocycles. The lowest BCUT2D eigenvalue weighted by Crippen LogP contribution is -2.44. The number of hydrogen-bond donors (Lipinski definition) is 2. The minimum Gasteiger partial charge on any atom is -0.497 e. The summed E-state index contributed by atoms with van der Waals surface area (Å²) < 4.78 is 5.43. The molecule has 1 rings (SSSR count). The molecule has 0 saturated heterocycles. The maximum absolute atomic E-state index is 10.0. The van der Waals surface area contributed by atoms with Crippen LogP contribution in [0.1, 0.15) is 33.6 Å². The highest BCUT2D eigenvalue weighted by Crippen LogP contribution is 2.15. The Balaban J connectivity index is 2.18. The van der Waals surface area contributed by atoms with Crippen LogP contribution in [-0.2, 0) is 4.74 Å². The topological polar surface area (TPSA) is 41.5 Å². The van der Waals surface area contributed by atoms with E-state index in [1.165, 1.54) is 0 Å². The molecule has 0 saturated carbocycles. The molecule has 0 spiro atoms. The molecule has 2 atom stereocenters. The molecule has 1 aliphatic rings. The van der Waals surface area contributed by atoms with Gasteiger partial charge in [-0.3, -0.25) is 0 Å². The van der Waals surface area contributed by atoms with Crippen molar-refractivity contribution < 1.29 is 9.84 Å². The van der Waals surface area contributed by atoms with Crippen LogP contribution in [0.2, 0.25) is 0 Å². The van der Waals surface area contributed by atoms with Gasteiger partial charge in [-0.15, -0.1) is 0 Å². The van der Waals surface area contributed by atoms with Crippen LogP contribution in [0.15, 0.2) is 12.3 Å². The van der Waals surface area contributed by atoms with Crippen molar-refractivity contribution in [2.75, 3.05) is 13.1 Å². The smallest absolute Gasteiger partial charge is 0.110 e. The third-order valence-corrected chi connectivity index (χ3v) is 3.12. The standard InChI is InChI=1S/C12H23NO2/c1-10(2)12(3,14)9-13-8-11-6-4-5-7-15-11/h5,7,10-11,13-14H,4,6,8-9H2,1-3H3/t11-,12+/m1/s1. The fourth-order valence-electron chi connectivity index (χ4n) is 1.43. The van der Waals surface area contributed by atoms with Crippen LogP contribution >= 0.6 is 0 Å². The van der Waals surface area contributed by atoms with Crippen LogP contribution < -0.4 is 5.32 Å². The molecule has 0 amide bonds. The van der Waals surface area contributed by atoms with Gasteiger partial charge in [0.05, 0.1) is 11.9 Å². The average Bonchev–Trinajstić information content (AvgIpc) is 2.19. The number of allylic oxidation sites excluding steroid dienone is 1. The van der Waals surface area contributed by atoms with Crippen LogP contribution in [0.3, 0.4) is 0 Å². The summed E-state index contributed by atoms with van der Waals surface area (Å²) in [5.74, 6) is 0.261. The minimum absolute atomic E-state index is 0.261. The second-order valence-corrected chi connectivity index (χ2v) is 4.85. The zero-order valence-electron chi connectivity index (χ0n) is 9.99. The summed E-state index contributed by atoms with van der Waals surface area (Å²) in [7, 11) is 0. The number of ether oxygens (including phenoxy) is 1. The van der Waals surface area contributed by atoms with Gasteiger partial charge < -0.3 is 15.2 Å². The van der Waals surface area contributed by atoms with Gasteiger partial charge in [0.1, 0.15) is 6.10 Å². The summed E-state index contributed by atoms with van der Waals surface area (Å²) in [6, 6.07) is 0. The molecule has 0 aromatic rings. The Morgan fingerprint density at radius 1 is 1.60 bits per heavy atom. The fraction of sp³-hybridized carbons (Fsp3) is 0.833. The molecule has 0 aromatic heterocycles. The molecule has 0 aromatic carbocycles. The quantitative estimate of drug-likeness (QED) is 0.730. The molecular weight excluding hydrogens is 190 g/mol.